The lowest BCUT2D eigenvalue weighted by molar-refractivity contribution is 0.0229. The van der Waals surface area contributed by atoms with Crippen LogP contribution in [0.4, 0.5) is 0 Å². The van der Waals surface area contributed by atoms with E-state index < -0.39 is 12.2 Å². The van der Waals surface area contributed by atoms with E-state index in [1.807, 2.05) is 6.07 Å². The van der Waals surface area contributed by atoms with Crippen molar-refractivity contribution >= 4 is 0 Å². The molecule has 1 rings (SSSR count). The first-order valence-electron chi connectivity index (χ1n) is 4.78. The average molecular weight is 222 g/mol. The van der Waals surface area contributed by atoms with Crippen molar-refractivity contribution in [3.8, 4) is 11.8 Å². The van der Waals surface area contributed by atoms with E-state index in [0.717, 1.165) is 0 Å². The molecule has 0 fully saturated rings. The summed E-state index contributed by atoms with van der Waals surface area (Å²) in [5, 5.41) is 28.0. The molecule has 0 aromatic heterocycles. The summed E-state index contributed by atoms with van der Waals surface area (Å²) in [6.07, 6.45) is -2.24. The van der Waals surface area contributed by atoms with Crippen LogP contribution in [0.1, 0.15) is 17.2 Å². The Kier molecular flexibility index (Phi) is 4.26. The Hall–Kier alpha value is -1.61. The summed E-state index contributed by atoms with van der Waals surface area (Å²) in [5.41, 5.74) is 6.01. The van der Waals surface area contributed by atoms with Crippen molar-refractivity contribution in [1.82, 2.24) is 0 Å². The van der Waals surface area contributed by atoms with Gasteiger partial charge in [-0.15, -0.1) is 0 Å². The Morgan fingerprint density at radius 1 is 1.50 bits per heavy atom. The molecule has 0 aliphatic carbocycles. The molecule has 0 heterocycles. The highest BCUT2D eigenvalue weighted by Crippen LogP contribution is 2.28. The van der Waals surface area contributed by atoms with Gasteiger partial charge >= 0.3 is 0 Å². The topological polar surface area (TPSA) is 99.5 Å². The van der Waals surface area contributed by atoms with Crippen molar-refractivity contribution in [2.24, 2.45) is 5.73 Å². The number of rotatable bonds is 4. The largest absolute Gasteiger partial charge is 0.496 e. The predicted molar refractivity (Wildman–Crippen MR) is 57.7 cm³/mol. The zero-order valence-electron chi connectivity index (χ0n) is 8.92. The number of hydrogen-bond acceptors (Lipinski definition) is 5. The minimum absolute atomic E-state index is 0.0684. The normalized spacial score (nSPS) is 13.9. The third kappa shape index (κ3) is 2.49. The standard InChI is InChI=1S/C11H14N2O3/c1-16-10-3-2-7(5-12)4-8(10)11(15)9(14)6-13/h2-4,9,11,14-15H,6,13H2,1H3. The Morgan fingerprint density at radius 3 is 2.69 bits per heavy atom. The second-order valence-corrected chi connectivity index (χ2v) is 3.32. The third-order valence-corrected chi connectivity index (χ3v) is 2.28. The Morgan fingerprint density at radius 2 is 2.19 bits per heavy atom. The van der Waals surface area contributed by atoms with Gasteiger partial charge in [-0.25, -0.2) is 0 Å². The fourth-order valence-electron chi connectivity index (χ4n) is 1.37. The predicted octanol–water partition coefficient (Wildman–Crippen LogP) is -0.0801. The first-order valence-corrected chi connectivity index (χ1v) is 4.78. The molecule has 0 amide bonds. The van der Waals surface area contributed by atoms with Crippen LogP contribution in [0.25, 0.3) is 0 Å². The van der Waals surface area contributed by atoms with Crippen molar-refractivity contribution in [2.75, 3.05) is 13.7 Å². The van der Waals surface area contributed by atoms with E-state index in [1.165, 1.54) is 13.2 Å². The molecule has 5 heteroatoms. The lowest BCUT2D eigenvalue weighted by Gasteiger charge is -2.19. The zero-order valence-corrected chi connectivity index (χ0v) is 8.92. The summed E-state index contributed by atoms with van der Waals surface area (Å²) in [4.78, 5) is 0. The van der Waals surface area contributed by atoms with E-state index in [0.29, 0.717) is 16.9 Å². The number of hydrogen-bond donors (Lipinski definition) is 3. The molecule has 86 valence electrons. The molecule has 0 spiro atoms. The van der Waals surface area contributed by atoms with E-state index in [-0.39, 0.29) is 6.54 Å². The number of aliphatic hydroxyl groups excluding tert-OH is 2. The molecule has 1 aromatic rings. The molecule has 0 aliphatic heterocycles. The van der Waals surface area contributed by atoms with E-state index >= 15 is 0 Å². The highest BCUT2D eigenvalue weighted by molar-refractivity contribution is 5.43. The van der Waals surface area contributed by atoms with Gasteiger partial charge in [-0.2, -0.15) is 5.26 Å². The zero-order chi connectivity index (χ0) is 12.1. The molecule has 1 aromatic carbocycles. The first kappa shape index (κ1) is 12.5. The molecule has 16 heavy (non-hydrogen) atoms. The van der Waals surface area contributed by atoms with Crippen molar-refractivity contribution in [3.05, 3.63) is 29.3 Å². The second-order valence-electron chi connectivity index (χ2n) is 3.32. The fourth-order valence-corrected chi connectivity index (χ4v) is 1.37. The maximum absolute atomic E-state index is 9.80. The van der Waals surface area contributed by atoms with Gasteiger partial charge < -0.3 is 20.7 Å². The summed E-state index contributed by atoms with van der Waals surface area (Å²) in [7, 11) is 1.45. The van der Waals surface area contributed by atoms with Crippen molar-refractivity contribution < 1.29 is 14.9 Å². The second kappa shape index (κ2) is 5.47. The molecular formula is C11H14N2O3. The van der Waals surface area contributed by atoms with Gasteiger partial charge in [0.1, 0.15) is 11.9 Å². The Balaban J connectivity index is 3.14. The molecule has 0 bridgehead atoms. The van der Waals surface area contributed by atoms with Crippen LogP contribution in [0.3, 0.4) is 0 Å². The first-order chi connectivity index (χ1) is 7.63. The number of ether oxygens (including phenoxy) is 1. The molecular weight excluding hydrogens is 208 g/mol. The molecule has 0 aliphatic rings. The van der Waals surface area contributed by atoms with Gasteiger partial charge in [-0.1, -0.05) is 0 Å². The van der Waals surface area contributed by atoms with Crippen LogP contribution in [0.5, 0.6) is 5.75 Å². The molecule has 0 radical (unpaired) electrons. The molecule has 4 N–H and O–H groups in total. The number of methoxy groups -OCH3 is 1. The monoisotopic (exact) mass is 222 g/mol. The van der Waals surface area contributed by atoms with Gasteiger partial charge in [0, 0.05) is 12.1 Å². The number of nitrogens with zero attached hydrogens (tertiary/aromatic N) is 1. The van der Waals surface area contributed by atoms with E-state index in [2.05, 4.69) is 0 Å². The van der Waals surface area contributed by atoms with Crippen LogP contribution in [0.15, 0.2) is 18.2 Å². The van der Waals surface area contributed by atoms with Crippen LogP contribution >= 0.6 is 0 Å². The van der Waals surface area contributed by atoms with Crippen LogP contribution in [0.2, 0.25) is 0 Å². The average Bonchev–Trinajstić information content (AvgIpc) is 2.35. The molecule has 2 atom stereocenters. The van der Waals surface area contributed by atoms with E-state index in [9.17, 15) is 10.2 Å². The summed E-state index contributed by atoms with van der Waals surface area (Å²) >= 11 is 0. The third-order valence-electron chi connectivity index (χ3n) is 2.28. The highest BCUT2D eigenvalue weighted by Gasteiger charge is 2.20. The summed E-state index contributed by atoms with van der Waals surface area (Å²) in [6, 6.07) is 6.57. The van der Waals surface area contributed by atoms with Crippen molar-refractivity contribution in [2.45, 2.75) is 12.2 Å². The van der Waals surface area contributed by atoms with Crippen molar-refractivity contribution in [3.63, 3.8) is 0 Å². The van der Waals surface area contributed by atoms with Gasteiger partial charge in [0.15, 0.2) is 0 Å². The van der Waals surface area contributed by atoms with Crippen LogP contribution < -0.4 is 10.5 Å². The van der Waals surface area contributed by atoms with Gasteiger partial charge in [-0.3, -0.25) is 0 Å². The number of nitriles is 1. The fraction of sp³-hybridized carbons (Fsp3) is 0.364. The number of nitrogens with two attached hydrogens (primary N) is 1. The van der Waals surface area contributed by atoms with Crippen LogP contribution in [-0.2, 0) is 0 Å². The quantitative estimate of drug-likeness (QED) is 0.661. The van der Waals surface area contributed by atoms with Gasteiger partial charge in [0.05, 0.1) is 24.8 Å². The van der Waals surface area contributed by atoms with E-state index in [1.54, 1.807) is 12.1 Å². The number of aliphatic hydroxyl groups is 2. The lowest BCUT2D eigenvalue weighted by atomic mass is 10.0. The van der Waals surface area contributed by atoms with Crippen molar-refractivity contribution in [1.29, 1.82) is 5.26 Å². The number of benzene rings is 1. The SMILES string of the molecule is COc1ccc(C#N)cc1C(O)C(O)CN. The highest BCUT2D eigenvalue weighted by atomic mass is 16.5. The van der Waals surface area contributed by atoms with Gasteiger partial charge in [0.25, 0.3) is 0 Å². The minimum atomic E-state index is -1.16. The molecule has 2 unspecified atom stereocenters. The maximum atomic E-state index is 9.80. The van der Waals surface area contributed by atoms with Gasteiger partial charge in [-0.05, 0) is 18.2 Å². The Labute approximate surface area is 93.7 Å². The van der Waals surface area contributed by atoms with E-state index in [4.69, 9.17) is 15.7 Å². The lowest BCUT2D eigenvalue weighted by Crippen LogP contribution is -2.27. The summed E-state index contributed by atoms with van der Waals surface area (Å²) < 4.78 is 5.04. The maximum Gasteiger partial charge on any atom is 0.124 e. The minimum Gasteiger partial charge on any atom is -0.496 e. The molecule has 0 saturated heterocycles. The summed E-state index contributed by atoms with van der Waals surface area (Å²) in [6.45, 7) is -0.0684. The molecule has 5 nitrogen and oxygen atoms in total. The van der Waals surface area contributed by atoms with Gasteiger partial charge in [0.2, 0.25) is 0 Å². The van der Waals surface area contributed by atoms with Crippen LogP contribution in [0, 0.1) is 11.3 Å². The Bertz CT molecular complexity index is 401. The smallest absolute Gasteiger partial charge is 0.124 e. The van der Waals surface area contributed by atoms with Crippen LogP contribution in [-0.4, -0.2) is 30.0 Å². The summed E-state index contributed by atoms with van der Waals surface area (Å²) in [5.74, 6) is 0.416. The molecule has 0 saturated carbocycles.